The first kappa shape index (κ1) is 12.1. The Morgan fingerprint density at radius 1 is 1.24 bits per heavy atom. The lowest BCUT2D eigenvalue weighted by Gasteiger charge is -2.33. The summed E-state index contributed by atoms with van der Waals surface area (Å²) >= 11 is 0. The molecule has 2 rings (SSSR count). The van der Waals surface area contributed by atoms with E-state index in [1.807, 2.05) is 24.3 Å². The third kappa shape index (κ3) is 2.19. The van der Waals surface area contributed by atoms with Gasteiger partial charge in [0.1, 0.15) is 0 Å². The summed E-state index contributed by atoms with van der Waals surface area (Å²) in [4.78, 5) is 0. The lowest BCUT2D eigenvalue weighted by atomic mass is 9.80. The molecule has 17 heavy (non-hydrogen) atoms. The standard InChI is InChI=1S/C15H20N2/c1-11(2)12-6-5-7-13(10-12)15(17)9-4-3-8-14(15)16/h3-11,14H,16-17H2,1-2H3. The van der Waals surface area contributed by atoms with Crippen molar-refractivity contribution in [2.75, 3.05) is 0 Å². The van der Waals surface area contributed by atoms with Gasteiger partial charge in [-0.15, -0.1) is 0 Å². The van der Waals surface area contributed by atoms with E-state index in [2.05, 4.69) is 38.1 Å². The van der Waals surface area contributed by atoms with Gasteiger partial charge in [-0.3, -0.25) is 0 Å². The zero-order valence-corrected chi connectivity index (χ0v) is 10.4. The number of benzene rings is 1. The molecule has 0 radical (unpaired) electrons. The maximum atomic E-state index is 6.43. The molecular weight excluding hydrogens is 208 g/mol. The summed E-state index contributed by atoms with van der Waals surface area (Å²) in [6, 6.07) is 8.22. The Hall–Kier alpha value is -1.38. The molecule has 1 aromatic rings. The minimum Gasteiger partial charge on any atom is -0.322 e. The van der Waals surface area contributed by atoms with Crippen molar-refractivity contribution in [1.82, 2.24) is 0 Å². The zero-order chi connectivity index (χ0) is 12.5. The molecule has 2 nitrogen and oxygen atoms in total. The molecule has 1 aromatic carbocycles. The molecule has 4 N–H and O–H groups in total. The van der Waals surface area contributed by atoms with E-state index in [0.29, 0.717) is 5.92 Å². The highest BCUT2D eigenvalue weighted by Crippen LogP contribution is 2.28. The van der Waals surface area contributed by atoms with Crippen LogP contribution < -0.4 is 11.5 Å². The highest BCUT2D eigenvalue weighted by molar-refractivity contribution is 5.40. The van der Waals surface area contributed by atoms with Crippen LogP contribution in [0.4, 0.5) is 0 Å². The van der Waals surface area contributed by atoms with E-state index in [1.165, 1.54) is 5.56 Å². The zero-order valence-electron chi connectivity index (χ0n) is 10.4. The third-order valence-electron chi connectivity index (χ3n) is 3.41. The van der Waals surface area contributed by atoms with Crippen molar-refractivity contribution in [3.63, 3.8) is 0 Å². The van der Waals surface area contributed by atoms with E-state index < -0.39 is 5.54 Å². The van der Waals surface area contributed by atoms with E-state index in [1.54, 1.807) is 0 Å². The van der Waals surface area contributed by atoms with Gasteiger partial charge >= 0.3 is 0 Å². The molecule has 0 saturated carbocycles. The highest BCUT2D eigenvalue weighted by Gasteiger charge is 2.31. The Balaban J connectivity index is 2.43. The summed E-state index contributed by atoms with van der Waals surface area (Å²) in [5, 5.41) is 0. The van der Waals surface area contributed by atoms with E-state index in [9.17, 15) is 0 Å². The minimum absolute atomic E-state index is 0.171. The van der Waals surface area contributed by atoms with Crippen LogP contribution in [0.1, 0.15) is 30.9 Å². The van der Waals surface area contributed by atoms with Gasteiger partial charge < -0.3 is 11.5 Å². The van der Waals surface area contributed by atoms with Crippen molar-refractivity contribution in [1.29, 1.82) is 0 Å². The Morgan fingerprint density at radius 2 is 2.00 bits per heavy atom. The van der Waals surface area contributed by atoms with Gasteiger partial charge in [0.15, 0.2) is 0 Å². The Labute approximate surface area is 103 Å². The molecule has 2 heteroatoms. The second kappa shape index (κ2) is 4.47. The molecule has 1 aliphatic rings. The Morgan fingerprint density at radius 3 is 2.65 bits per heavy atom. The van der Waals surface area contributed by atoms with Gasteiger partial charge in [0.25, 0.3) is 0 Å². The van der Waals surface area contributed by atoms with Gasteiger partial charge in [-0.1, -0.05) is 62.4 Å². The predicted molar refractivity (Wildman–Crippen MR) is 72.7 cm³/mol. The maximum Gasteiger partial charge on any atom is 0.0788 e. The van der Waals surface area contributed by atoms with Crippen LogP contribution in [-0.2, 0) is 5.54 Å². The monoisotopic (exact) mass is 228 g/mol. The van der Waals surface area contributed by atoms with Crippen molar-refractivity contribution >= 4 is 0 Å². The number of nitrogens with two attached hydrogens (primary N) is 2. The van der Waals surface area contributed by atoms with Crippen molar-refractivity contribution in [2.24, 2.45) is 11.5 Å². The first-order valence-corrected chi connectivity index (χ1v) is 6.05. The number of hydrogen-bond donors (Lipinski definition) is 2. The van der Waals surface area contributed by atoms with E-state index in [0.717, 1.165) is 5.56 Å². The maximum absolute atomic E-state index is 6.43. The molecule has 0 heterocycles. The minimum atomic E-state index is -0.584. The second-order valence-electron chi connectivity index (χ2n) is 4.98. The third-order valence-corrected chi connectivity index (χ3v) is 3.41. The van der Waals surface area contributed by atoms with Crippen molar-refractivity contribution in [3.05, 3.63) is 59.7 Å². The Bertz CT molecular complexity index is 460. The summed E-state index contributed by atoms with van der Waals surface area (Å²) < 4.78 is 0. The quantitative estimate of drug-likeness (QED) is 0.816. The molecule has 0 bridgehead atoms. The predicted octanol–water partition coefficient (Wildman–Crippen LogP) is 2.42. The Kier molecular flexibility index (Phi) is 3.18. The number of hydrogen-bond acceptors (Lipinski definition) is 2. The van der Waals surface area contributed by atoms with Crippen molar-refractivity contribution in [2.45, 2.75) is 31.3 Å². The summed E-state index contributed by atoms with van der Waals surface area (Å²) in [7, 11) is 0. The van der Waals surface area contributed by atoms with Gasteiger partial charge in [-0.05, 0) is 17.0 Å². The molecule has 2 unspecified atom stereocenters. The number of allylic oxidation sites excluding steroid dienone is 2. The van der Waals surface area contributed by atoms with Gasteiger partial charge in [-0.25, -0.2) is 0 Å². The van der Waals surface area contributed by atoms with Crippen molar-refractivity contribution < 1.29 is 0 Å². The molecule has 0 aliphatic heterocycles. The van der Waals surface area contributed by atoms with Gasteiger partial charge in [0, 0.05) is 6.04 Å². The van der Waals surface area contributed by atoms with E-state index in [-0.39, 0.29) is 6.04 Å². The molecular formula is C15H20N2. The molecule has 0 amide bonds. The van der Waals surface area contributed by atoms with Crippen LogP contribution in [0.2, 0.25) is 0 Å². The van der Waals surface area contributed by atoms with Gasteiger partial charge in [0.2, 0.25) is 0 Å². The summed E-state index contributed by atoms with van der Waals surface area (Å²) in [6.45, 7) is 4.36. The van der Waals surface area contributed by atoms with Crippen LogP contribution in [0.25, 0.3) is 0 Å². The van der Waals surface area contributed by atoms with Gasteiger partial charge in [0.05, 0.1) is 5.54 Å². The fourth-order valence-electron chi connectivity index (χ4n) is 2.12. The molecule has 2 atom stereocenters. The summed E-state index contributed by atoms with van der Waals surface area (Å²) in [5.41, 5.74) is 14.3. The fourth-order valence-corrected chi connectivity index (χ4v) is 2.12. The average molecular weight is 228 g/mol. The topological polar surface area (TPSA) is 52.0 Å². The first-order valence-electron chi connectivity index (χ1n) is 6.05. The van der Waals surface area contributed by atoms with E-state index >= 15 is 0 Å². The van der Waals surface area contributed by atoms with Crippen LogP contribution in [0.3, 0.4) is 0 Å². The smallest absolute Gasteiger partial charge is 0.0788 e. The normalized spacial score (nSPS) is 27.7. The summed E-state index contributed by atoms with van der Waals surface area (Å²) in [5.74, 6) is 0.498. The second-order valence-corrected chi connectivity index (χ2v) is 4.98. The average Bonchev–Trinajstić information content (AvgIpc) is 2.33. The number of rotatable bonds is 2. The van der Waals surface area contributed by atoms with Gasteiger partial charge in [-0.2, -0.15) is 0 Å². The molecule has 0 saturated heterocycles. The van der Waals surface area contributed by atoms with Crippen molar-refractivity contribution in [3.8, 4) is 0 Å². The highest BCUT2D eigenvalue weighted by atomic mass is 14.8. The lowest BCUT2D eigenvalue weighted by molar-refractivity contribution is 0.491. The summed E-state index contributed by atoms with van der Waals surface area (Å²) in [6.07, 6.45) is 7.84. The molecule has 0 aromatic heterocycles. The van der Waals surface area contributed by atoms with Crippen LogP contribution in [0.15, 0.2) is 48.6 Å². The SMILES string of the molecule is CC(C)c1cccc(C2(N)C=CC=CC2N)c1. The molecule has 0 spiro atoms. The molecule has 1 aliphatic carbocycles. The fraction of sp³-hybridized carbons (Fsp3) is 0.333. The van der Waals surface area contributed by atoms with Crippen LogP contribution in [0.5, 0.6) is 0 Å². The van der Waals surface area contributed by atoms with Crippen LogP contribution in [-0.4, -0.2) is 6.04 Å². The van der Waals surface area contributed by atoms with E-state index in [4.69, 9.17) is 11.5 Å². The largest absolute Gasteiger partial charge is 0.322 e. The van der Waals surface area contributed by atoms with Crippen LogP contribution >= 0.6 is 0 Å². The molecule has 0 fully saturated rings. The first-order chi connectivity index (χ1) is 8.04. The van der Waals surface area contributed by atoms with Crippen LogP contribution in [0, 0.1) is 0 Å². The lowest BCUT2D eigenvalue weighted by Crippen LogP contribution is -2.51. The molecule has 90 valence electrons.